The van der Waals surface area contributed by atoms with E-state index in [1.165, 1.54) is 16.7 Å². The van der Waals surface area contributed by atoms with Crippen molar-refractivity contribution in [2.75, 3.05) is 0 Å². The van der Waals surface area contributed by atoms with Crippen molar-refractivity contribution in [1.29, 1.82) is 0 Å². The number of nitrogens with zero attached hydrogens (tertiary/aromatic N) is 1. The van der Waals surface area contributed by atoms with Gasteiger partial charge in [0.15, 0.2) is 0 Å². The molecule has 1 fully saturated rings. The first kappa shape index (κ1) is 16.6. The van der Waals surface area contributed by atoms with Gasteiger partial charge < -0.3 is 14.8 Å². The second-order valence-electron chi connectivity index (χ2n) is 4.97. The molecule has 104 valence electrons. The van der Waals surface area contributed by atoms with E-state index < -0.39 is 5.97 Å². The van der Waals surface area contributed by atoms with Crippen LogP contribution >= 0.6 is 11.8 Å². The van der Waals surface area contributed by atoms with Gasteiger partial charge in [-0.2, -0.15) is 0 Å². The van der Waals surface area contributed by atoms with Gasteiger partial charge in [-0.1, -0.05) is 36.9 Å². The standard InChI is InChI=1S/C15H15NO3S.Na/c1-2-10-11-8-12(20-9-6-4-3-5-7-9)13(15(18)19)16(11)14(10)17;/h3-7,10-11H,2,8H2,1H3,(H,18,19);/q;+1/p-1. The van der Waals surface area contributed by atoms with E-state index in [-0.39, 0.29) is 53.1 Å². The average Bonchev–Trinajstić information content (AvgIpc) is 2.76. The predicted molar refractivity (Wildman–Crippen MR) is 73.4 cm³/mol. The zero-order valence-electron chi connectivity index (χ0n) is 12.0. The van der Waals surface area contributed by atoms with Crippen molar-refractivity contribution in [3.8, 4) is 0 Å². The Kier molecular flexibility index (Phi) is 5.20. The molecule has 1 saturated heterocycles. The van der Waals surface area contributed by atoms with E-state index in [4.69, 9.17) is 0 Å². The SMILES string of the molecule is CCC1C(=O)N2C(C(=O)[O-])=C(Sc3ccccc3)CC12.[Na+]. The molecule has 0 aromatic heterocycles. The molecular formula is C15H14NNaO3S. The van der Waals surface area contributed by atoms with Crippen LogP contribution < -0.4 is 34.7 Å². The number of hydrogen-bond acceptors (Lipinski definition) is 4. The van der Waals surface area contributed by atoms with Gasteiger partial charge in [0.2, 0.25) is 5.91 Å². The molecule has 21 heavy (non-hydrogen) atoms. The maximum absolute atomic E-state index is 12.0. The second kappa shape index (κ2) is 6.57. The molecule has 0 radical (unpaired) electrons. The molecule has 2 unspecified atom stereocenters. The molecule has 0 aliphatic carbocycles. The molecule has 1 aromatic rings. The Bertz CT molecular complexity index is 602. The molecule has 0 bridgehead atoms. The number of thioether (sulfide) groups is 1. The third-order valence-corrected chi connectivity index (χ3v) is 4.98. The predicted octanol–water partition coefficient (Wildman–Crippen LogP) is -1.62. The van der Waals surface area contributed by atoms with Gasteiger partial charge in [0.25, 0.3) is 0 Å². The van der Waals surface area contributed by atoms with Gasteiger partial charge in [-0.05, 0) is 18.6 Å². The fourth-order valence-corrected chi connectivity index (χ4v) is 4.02. The van der Waals surface area contributed by atoms with E-state index in [9.17, 15) is 14.7 Å². The molecule has 3 rings (SSSR count). The molecule has 2 heterocycles. The van der Waals surface area contributed by atoms with Crippen molar-refractivity contribution in [2.24, 2.45) is 5.92 Å². The number of β-lactam (4-membered cyclic amide) rings is 1. The number of aliphatic carboxylic acids is 1. The number of rotatable bonds is 4. The first-order valence-corrected chi connectivity index (χ1v) is 7.45. The molecule has 0 saturated carbocycles. The molecular weight excluding hydrogens is 297 g/mol. The third-order valence-electron chi connectivity index (χ3n) is 3.87. The summed E-state index contributed by atoms with van der Waals surface area (Å²) >= 11 is 1.41. The van der Waals surface area contributed by atoms with Crippen LogP contribution in [0.15, 0.2) is 45.8 Å². The van der Waals surface area contributed by atoms with Crippen LogP contribution in [0.4, 0.5) is 0 Å². The van der Waals surface area contributed by atoms with Crippen molar-refractivity contribution < 1.29 is 44.3 Å². The Balaban J connectivity index is 0.00000161. The summed E-state index contributed by atoms with van der Waals surface area (Å²) in [5, 5.41) is 11.4. The van der Waals surface area contributed by atoms with Gasteiger partial charge in [0.1, 0.15) is 0 Å². The summed E-state index contributed by atoms with van der Waals surface area (Å²) in [4.78, 5) is 26.4. The number of fused-ring (bicyclic) bond motifs is 1. The van der Waals surface area contributed by atoms with Crippen molar-refractivity contribution in [1.82, 2.24) is 4.90 Å². The van der Waals surface area contributed by atoms with E-state index in [1.54, 1.807) is 0 Å². The van der Waals surface area contributed by atoms with Crippen LogP contribution in [0.25, 0.3) is 0 Å². The second-order valence-corrected chi connectivity index (χ2v) is 6.14. The third kappa shape index (κ3) is 2.80. The molecule has 2 aliphatic rings. The number of carboxylic acid groups (broad SMARTS) is 1. The van der Waals surface area contributed by atoms with E-state index in [0.717, 1.165) is 16.2 Å². The number of carbonyl (C=O) groups is 2. The minimum absolute atomic E-state index is 0. The molecule has 2 atom stereocenters. The summed E-state index contributed by atoms with van der Waals surface area (Å²) in [6.45, 7) is 1.96. The van der Waals surface area contributed by atoms with Gasteiger partial charge in [0.05, 0.1) is 23.6 Å². The largest absolute Gasteiger partial charge is 1.00 e. The molecule has 1 amide bonds. The zero-order chi connectivity index (χ0) is 14.3. The number of amides is 1. The quantitative estimate of drug-likeness (QED) is 0.496. The van der Waals surface area contributed by atoms with Crippen LogP contribution in [0.3, 0.4) is 0 Å². The topological polar surface area (TPSA) is 60.4 Å². The Morgan fingerprint density at radius 1 is 1.38 bits per heavy atom. The Morgan fingerprint density at radius 2 is 2.05 bits per heavy atom. The molecule has 0 N–H and O–H groups in total. The summed E-state index contributed by atoms with van der Waals surface area (Å²) < 4.78 is 0. The van der Waals surface area contributed by atoms with Crippen LogP contribution in [0.2, 0.25) is 0 Å². The van der Waals surface area contributed by atoms with E-state index in [0.29, 0.717) is 6.42 Å². The maximum atomic E-state index is 12.0. The van der Waals surface area contributed by atoms with Crippen LogP contribution in [-0.2, 0) is 9.59 Å². The molecule has 6 heteroatoms. The van der Waals surface area contributed by atoms with Crippen LogP contribution in [0.5, 0.6) is 0 Å². The zero-order valence-corrected chi connectivity index (χ0v) is 14.9. The van der Waals surface area contributed by atoms with Gasteiger partial charge in [-0.25, -0.2) is 0 Å². The number of carboxylic acids is 1. The van der Waals surface area contributed by atoms with Crippen molar-refractivity contribution >= 4 is 23.6 Å². The first-order valence-electron chi connectivity index (χ1n) is 6.64. The molecule has 2 aliphatic heterocycles. The fourth-order valence-electron chi connectivity index (χ4n) is 2.91. The van der Waals surface area contributed by atoms with E-state index in [1.807, 2.05) is 37.3 Å². The number of benzene rings is 1. The van der Waals surface area contributed by atoms with Gasteiger partial charge in [0, 0.05) is 16.2 Å². The number of hydrogen-bond donors (Lipinski definition) is 0. The summed E-state index contributed by atoms with van der Waals surface area (Å²) in [7, 11) is 0. The van der Waals surface area contributed by atoms with Crippen molar-refractivity contribution in [3.05, 3.63) is 40.9 Å². The molecule has 0 spiro atoms. The first-order chi connectivity index (χ1) is 9.63. The van der Waals surface area contributed by atoms with Crippen LogP contribution in [0.1, 0.15) is 19.8 Å². The monoisotopic (exact) mass is 311 g/mol. The average molecular weight is 311 g/mol. The summed E-state index contributed by atoms with van der Waals surface area (Å²) in [5.41, 5.74) is 0.0681. The van der Waals surface area contributed by atoms with Gasteiger partial charge in [-0.3, -0.25) is 4.79 Å². The number of carbonyl (C=O) groups excluding carboxylic acids is 2. The summed E-state index contributed by atoms with van der Waals surface area (Å²) in [6.07, 6.45) is 1.37. The van der Waals surface area contributed by atoms with E-state index >= 15 is 0 Å². The van der Waals surface area contributed by atoms with Gasteiger partial charge in [-0.15, -0.1) is 0 Å². The Labute approximate surface area is 149 Å². The fraction of sp³-hybridized carbons (Fsp3) is 0.333. The summed E-state index contributed by atoms with van der Waals surface area (Å²) in [5.74, 6) is -1.38. The molecule has 1 aromatic carbocycles. The minimum Gasteiger partial charge on any atom is -0.543 e. The van der Waals surface area contributed by atoms with Gasteiger partial charge >= 0.3 is 29.6 Å². The minimum atomic E-state index is -1.26. The Hall–Kier alpha value is -0.750. The Morgan fingerprint density at radius 3 is 2.62 bits per heavy atom. The van der Waals surface area contributed by atoms with E-state index in [2.05, 4.69) is 0 Å². The summed E-state index contributed by atoms with van der Waals surface area (Å²) in [6, 6.07) is 9.60. The smallest absolute Gasteiger partial charge is 0.543 e. The van der Waals surface area contributed by atoms with Crippen LogP contribution in [0, 0.1) is 5.92 Å². The van der Waals surface area contributed by atoms with Crippen molar-refractivity contribution in [3.63, 3.8) is 0 Å². The normalized spacial score (nSPS) is 23.5. The maximum Gasteiger partial charge on any atom is 1.00 e. The van der Waals surface area contributed by atoms with Crippen LogP contribution in [-0.4, -0.2) is 22.8 Å². The van der Waals surface area contributed by atoms with Crippen molar-refractivity contribution in [2.45, 2.75) is 30.7 Å². The molecule has 4 nitrogen and oxygen atoms in total.